The lowest BCUT2D eigenvalue weighted by atomic mass is 9.47. The van der Waals surface area contributed by atoms with Gasteiger partial charge in [-0.2, -0.15) is 5.26 Å². The van der Waals surface area contributed by atoms with Gasteiger partial charge in [0.25, 0.3) is 5.91 Å². The zero-order chi connectivity index (χ0) is 18.0. The molecule has 4 aliphatic rings. The van der Waals surface area contributed by atoms with E-state index in [1.54, 1.807) is 18.0 Å². The molecule has 0 bridgehead atoms. The number of hydrogen-bond donors (Lipinski definition) is 0. The molecule has 1 heterocycles. The number of carbonyl (C=O) groups excluding carboxylic acids is 1. The monoisotopic (exact) mass is 344 g/mol. The molecule has 3 nitrogen and oxygen atoms in total. The first-order valence-electron chi connectivity index (χ1n) is 9.85. The highest BCUT2D eigenvalue weighted by molar-refractivity contribution is 5.92. The first kappa shape index (κ1) is 17.1. The Morgan fingerprint density at radius 2 is 2.00 bits per heavy atom. The van der Waals surface area contributed by atoms with Gasteiger partial charge in [0.05, 0.1) is 6.07 Å². The summed E-state index contributed by atoms with van der Waals surface area (Å²) in [6.07, 6.45) is 9.07. The molecule has 0 aromatic carbocycles. The molecule has 4 rings (SSSR count). The Balaban J connectivity index is 1.68. The minimum atomic E-state index is -0.566. The zero-order valence-electron chi connectivity index (χ0n) is 15.6. The van der Waals surface area contributed by atoms with Gasteiger partial charge in [0, 0.05) is 24.9 Å². The summed E-state index contributed by atoms with van der Waals surface area (Å²) in [5.41, 5.74) is 0.0308. The van der Waals surface area contributed by atoms with Crippen molar-refractivity contribution in [2.45, 2.75) is 64.8 Å². The van der Waals surface area contributed by atoms with Gasteiger partial charge >= 0.3 is 0 Å². The highest BCUT2D eigenvalue weighted by Crippen LogP contribution is 2.66. The molecular weight excluding hydrogens is 315 g/mol. The van der Waals surface area contributed by atoms with Gasteiger partial charge in [0.15, 0.2) is 5.83 Å². The number of hydrogen-bond acceptors (Lipinski definition) is 2. The Labute approximate surface area is 150 Å². The third-order valence-electron chi connectivity index (χ3n) is 8.69. The topological polar surface area (TPSA) is 44.1 Å². The van der Waals surface area contributed by atoms with Gasteiger partial charge in [-0.1, -0.05) is 13.8 Å². The molecular formula is C21H29FN2O. The summed E-state index contributed by atoms with van der Waals surface area (Å²) in [4.78, 5) is 13.7. The lowest BCUT2D eigenvalue weighted by Gasteiger charge is -2.60. The van der Waals surface area contributed by atoms with Crippen molar-refractivity contribution < 1.29 is 9.18 Å². The molecule has 1 amide bonds. The van der Waals surface area contributed by atoms with Crippen LogP contribution in [-0.4, -0.2) is 23.9 Å². The second kappa shape index (κ2) is 5.56. The van der Waals surface area contributed by atoms with E-state index >= 15 is 0 Å². The van der Waals surface area contributed by atoms with Crippen LogP contribution in [0.1, 0.15) is 58.8 Å². The summed E-state index contributed by atoms with van der Waals surface area (Å²) in [7, 11) is 1.77. The van der Waals surface area contributed by atoms with E-state index in [2.05, 4.69) is 19.9 Å². The smallest absolute Gasteiger partial charge is 0.282 e. The predicted molar refractivity (Wildman–Crippen MR) is 93.9 cm³/mol. The summed E-state index contributed by atoms with van der Waals surface area (Å²) in [5.74, 6) is 1.22. The molecule has 0 aromatic rings. The molecule has 3 fully saturated rings. The molecule has 3 aliphatic carbocycles. The van der Waals surface area contributed by atoms with E-state index in [9.17, 15) is 14.4 Å². The van der Waals surface area contributed by atoms with Crippen LogP contribution in [0.3, 0.4) is 0 Å². The van der Waals surface area contributed by atoms with Gasteiger partial charge in [0.2, 0.25) is 0 Å². The second-order valence-electron chi connectivity index (χ2n) is 9.43. The Bertz CT molecular complexity index is 667. The molecule has 7 atom stereocenters. The number of halogens is 1. The molecule has 4 heteroatoms. The molecule has 136 valence electrons. The fraction of sp³-hybridized carbons (Fsp3) is 0.810. The Hall–Kier alpha value is -1.37. The van der Waals surface area contributed by atoms with Crippen LogP contribution in [0.4, 0.5) is 4.39 Å². The van der Waals surface area contributed by atoms with Crippen LogP contribution in [-0.2, 0) is 4.79 Å². The van der Waals surface area contributed by atoms with Crippen molar-refractivity contribution in [1.29, 1.82) is 5.26 Å². The third kappa shape index (κ3) is 2.17. The SMILES string of the molecule is CN1C(=O)C(F)=C[C@]2(C)C3CC[C@]4(C)[C@@H](CC#N)CC[C@H]4C3CC[C@@H]12. The molecule has 0 aromatic heterocycles. The van der Waals surface area contributed by atoms with E-state index in [1.165, 1.54) is 12.8 Å². The van der Waals surface area contributed by atoms with Gasteiger partial charge in [-0.3, -0.25) is 4.79 Å². The van der Waals surface area contributed by atoms with Crippen LogP contribution in [0.5, 0.6) is 0 Å². The Kier molecular flexibility index (Phi) is 3.80. The van der Waals surface area contributed by atoms with Crippen LogP contribution >= 0.6 is 0 Å². The summed E-state index contributed by atoms with van der Waals surface area (Å²) >= 11 is 0. The largest absolute Gasteiger partial charge is 0.336 e. The molecule has 1 aliphatic heterocycles. The van der Waals surface area contributed by atoms with Crippen molar-refractivity contribution in [1.82, 2.24) is 4.90 Å². The zero-order valence-corrected chi connectivity index (χ0v) is 15.6. The van der Waals surface area contributed by atoms with Crippen molar-refractivity contribution in [3.05, 3.63) is 11.9 Å². The standard InChI is InChI=1S/C21H29FN2O/c1-20-10-8-16-14(15(20)6-4-13(20)9-11-23)5-7-18-21(16,2)12-17(22)19(25)24(18)3/h12-16,18H,4-10H2,1-3H3/t13-,14?,15+,16?,18-,20-,21-/m1/s1. The predicted octanol–water partition coefficient (Wildman–Crippen LogP) is 4.45. The van der Waals surface area contributed by atoms with E-state index in [1.807, 2.05) is 0 Å². The molecule has 25 heavy (non-hydrogen) atoms. The number of amides is 1. The molecule has 0 spiro atoms. The van der Waals surface area contributed by atoms with Crippen molar-refractivity contribution in [3.8, 4) is 6.07 Å². The van der Waals surface area contributed by atoms with E-state index in [-0.39, 0.29) is 16.9 Å². The van der Waals surface area contributed by atoms with Gasteiger partial charge in [0.1, 0.15) is 0 Å². The van der Waals surface area contributed by atoms with Crippen LogP contribution in [0.15, 0.2) is 11.9 Å². The summed E-state index contributed by atoms with van der Waals surface area (Å²) in [6.45, 7) is 4.59. The molecule has 2 unspecified atom stereocenters. The number of carbonyl (C=O) groups is 1. The normalized spacial score (nSPS) is 48.9. The Morgan fingerprint density at radius 3 is 2.72 bits per heavy atom. The van der Waals surface area contributed by atoms with Crippen molar-refractivity contribution in [3.63, 3.8) is 0 Å². The number of fused-ring (bicyclic) bond motifs is 5. The molecule has 0 radical (unpaired) electrons. The van der Waals surface area contributed by atoms with Crippen molar-refractivity contribution in [2.75, 3.05) is 7.05 Å². The maximum absolute atomic E-state index is 14.3. The van der Waals surface area contributed by atoms with Gasteiger partial charge in [-0.05, 0) is 73.7 Å². The first-order valence-corrected chi connectivity index (χ1v) is 9.85. The third-order valence-corrected chi connectivity index (χ3v) is 8.69. The van der Waals surface area contributed by atoms with E-state index in [4.69, 9.17) is 0 Å². The second-order valence-corrected chi connectivity index (χ2v) is 9.43. The summed E-state index contributed by atoms with van der Waals surface area (Å²) < 4.78 is 14.3. The summed E-state index contributed by atoms with van der Waals surface area (Å²) in [6, 6.07) is 2.53. The number of nitrogens with zero attached hydrogens (tertiary/aromatic N) is 2. The Morgan fingerprint density at radius 1 is 1.24 bits per heavy atom. The van der Waals surface area contributed by atoms with Gasteiger partial charge in [-0.25, -0.2) is 4.39 Å². The summed E-state index contributed by atoms with van der Waals surface area (Å²) in [5, 5.41) is 9.21. The number of nitriles is 1. The van der Waals surface area contributed by atoms with E-state index in [0.29, 0.717) is 30.1 Å². The van der Waals surface area contributed by atoms with Crippen LogP contribution < -0.4 is 0 Å². The maximum Gasteiger partial charge on any atom is 0.282 e. The highest BCUT2D eigenvalue weighted by Gasteiger charge is 2.60. The average Bonchev–Trinajstić information content (AvgIpc) is 2.90. The van der Waals surface area contributed by atoms with Crippen LogP contribution in [0, 0.1) is 45.8 Å². The molecule has 3 saturated carbocycles. The van der Waals surface area contributed by atoms with Crippen molar-refractivity contribution >= 4 is 5.91 Å². The van der Waals surface area contributed by atoms with Crippen LogP contribution in [0.25, 0.3) is 0 Å². The molecule has 0 N–H and O–H groups in total. The van der Waals surface area contributed by atoms with Crippen molar-refractivity contribution in [2.24, 2.45) is 34.5 Å². The minimum absolute atomic E-state index is 0.126. The fourth-order valence-electron chi connectivity index (χ4n) is 7.38. The van der Waals surface area contributed by atoms with Gasteiger partial charge < -0.3 is 4.90 Å². The molecule has 0 saturated heterocycles. The number of rotatable bonds is 1. The minimum Gasteiger partial charge on any atom is -0.336 e. The fourth-order valence-corrected chi connectivity index (χ4v) is 7.38. The lowest BCUT2D eigenvalue weighted by molar-refractivity contribution is -0.142. The first-order chi connectivity index (χ1) is 11.8. The number of likely N-dealkylation sites (N-methyl/N-ethyl adjacent to an activating group) is 1. The lowest BCUT2D eigenvalue weighted by Crippen LogP contribution is -2.60. The average molecular weight is 344 g/mol. The maximum atomic E-state index is 14.3. The van der Waals surface area contributed by atoms with Crippen LogP contribution in [0.2, 0.25) is 0 Å². The van der Waals surface area contributed by atoms with E-state index < -0.39 is 11.7 Å². The quantitative estimate of drug-likeness (QED) is 0.705. The van der Waals surface area contributed by atoms with E-state index in [0.717, 1.165) is 25.7 Å². The highest BCUT2D eigenvalue weighted by atomic mass is 19.1. The van der Waals surface area contributed by atoms with Gasteiger partial charge in [-0.15, -0.1) is 0 Å².